The van der Waals surface area contributed by atoms with E-state index in [-0.39, 0.29) is 12.2 Å². The van der Waals surface area contributed by atoms with Crippen molar-refractivity contribution in [2.24, 2.45) is 0 Å². The van der Waals surface area contributed by atoms with E-state index in [4.69, 9.17) is 0 Å². The van der Waals surface area contributed by atoms with Gasteiger partial charge in [0.25, 0.3) is 5.91 Å². The van der Waals surface area contributed by atoms with Gasteiger partial charge in [-0.15, -0.1) is 0 Å². The number of carbonyl (C=O) groups is 2. The number of anilines is 1. The Kier molecular flexibility index (Phi) is 4.08. The van der Waals surface area contributed by atoms with Gasteiger partial charge in [-0.25, -0.2) is 0 Å². The van der Waals surface area contributed by atoms with Crippen LogP contribution in [0, 0.1) is 0 Å². The maximum Gasteiger partial charge on any atom is 0.264 e. The van der Waals surface area contributed by atoms with Crippen molar-refractivity contribution in [3.63, 3.8) is 0 Å². The fourth-order valence-corrected chi connectivity index (χ4v) is 3.34. The van der Waals surface area contributed by atoms with Crippen molar-refractivity contribution >= 4 is 33.3 Å². The van der Waals surface area contributed by atoms with Crippen LogP contribution in [-0.4, -0.2) is 16.8 Å². The van der Waals surface area contributed by atoms with Gasteiger partial charge in [0.05, 0.1) is 12.2 Å². The molecule has 1 aliphatic rings. The summed E-state index contributed by atoms with van der Waals surface area (Å²) >= 11 is 3.36. The zero-order valence-corrected chi connectivity index (χ0v) is 14.2. The van der Waals surface area contributed by atoms with Crippen LogP contribution in [0.5, 0.6) is 0 Å². The van der Waals surface area contributed by atoms with Crippen molar-refractivity contribution < 1.29 is 14.7 Å². The third-order valence-corrected chi connectivity index (χ3v) is 4.48. The Morgan fingerprint density at radius 2 is 1.91 bits per heavy atom. The normalized spacial score (nSPS) is 19.8. The topological polar surface area (TPSA) is 57.6 Å². The molecular formula is C18H16BrNO3. The number of rotatable bonds is 4. The molecule has 1 aliphatic heterocycles. The van der Waals surface area contributed by atoms with E-state index in [1.54, 1.807) is 17.0 Å². The highest BCUT2D eigenvalue weighted by Crippen LogP contribution is 2.44. The van der Waals surface area contributed by atoms with Crippen molar-refractivity contribution in [2.45, 2.75) is 25.5 Å². The fraction of sp³-hybridized carbons (Fsp3) is 0.222. The number of benzene rings is 2. The van der Waals surface area contributed by atoms with E-state index >= 15 is 0 Å². The number of Topliss-reactive ketones (excluding diaryl/α,β-unsaturated/α-hetero) is 1. The van der Waals surface area contributed by atoms with Gasteiger partial charge in [0.1, 0.15) is 5.78 Å². The minimum atomic E-state index is -1.79. The fourth-order valence-electron chi connectivity index (χ4n) is 2.98. The third-order valence-electron chi connectivity index (χ3n) is 3.98. The quantitative estimate of drug-likeness (QED) is 0.895. The Morgan fingerprint density at radius 3 is 2.57 bits per heavy atom. The molecule has 4 nitrogen and oxygen atoms in total. The molecular weight excluding hydrogens is 358 g/mol. The average Bonchev–Trinajstić information content (AvgIpc) is 2.70. The molecule has 0 saturated heterocycles. The van der Waals surface area contributed by atoms with E-state index in [0.717, 1.165) is 10.0 Å². The molecule has 0 radical (unpaired) electrons. The van der Waals surface area contributed by atoms with Gasteiger partial charge in [-0.05, 0) is 30.7 Å². The lowest BCUT2D eigenvalue weighted by Gasteiger charge is -2.22. The molecule has 0 spiro atoms. The first-order valence-corrected chi connectivity index (χ1v) is 8.09. The molecule has 5 heteroatoms. The molecule has 0 aliphatic carbocycles. The van der Waals surface area contributed by atoms with Crippen LogP contribution in [-0.2, 0) is 21.7 Å². The Balaban J connectivity index is 2.06. The summed E-state index contributed by atoms with van der Waals surface area (Å²) in [6.45, 7) is 1.73. The summed E-state index contributed by atoms with van der Waals surface area (Å²) in [6, 6.07) is 14.9. The first-order valence-electron chi connectivity index (χ1n) is 7.29. The van der Waals surface area contributed by atoms with Gasteiger partial charge in [0.2, 0.25) is 0 Å². The molecule has 118 valence electrons. The summed E-state index contributed by atoms with van der Waals surface area (Å²) in [7, 11) is 0. The van der Waals surface area contributed by atoms with Crippen molar-refractivity contribution in [3.05, 3.63) is 64.1 Å². The summed E-state index contributed by atoms with van der Waals surface area (Å²) < 4.78 is 0.757. The van der Waals surface area contributed by atoms with Crippen LogP contribution in [0.15, 0.2) is 53.0 Å². The summed E-state index contributed by atoms with van der Waals surface area (Å²) in [6.07, 6.45) is -0.222. The van der Waals surface area contributed by atoms with Crippen molar-refractivity contribution in [1.29, 1.82) is 0 Å². The molecule has 1 heterocycles. The lowest BCUT2D eigenvalue weighted by atomic mass is 9.90. The first kappa shape index (κ1) is 15.9. The van der Waals surface area contributed by atoms with Crippen LogP contribution in [0.2, 0.25) is 0 Å². The van der Waals surface area contributed by atoms with E-state index in [0.29, 0.717) is 17.8 Å². The number of nitrogens with zero attached hydrogens (tertiary/aromatic N) is 1. The van der Waals surface area contributed by atoms with Gasteiger partial charge < -0.3 is 10.0 Å². The standard InChI is InChI=1S/C18H16BrNO3/c1-12(21)10-18(23)15-9-14(19)7-8-16(15)20(17(18)22)11-13-5-3-2-4-6-13/h2-9,23H,10-11H2,1H3. The molecule has 0 bridgehead atoms. The number of hydrogen-bond donors (Lipinski definition) is 1. The van der Waals surface area contributed by atoms with E-state index in [1.807, 2.05) is 36.4 Å². The molecule has 1 atom stereocenters. The highest BCUT2D eigenvalue weighted by atomic mass is 79.9. The monoisotopic (exact) mass is 373 g/mol. The number of carbonyl (C=O) groups excluding carboxylic acids is 2. The second-order valence-corrected chi connectivity index (χ2v) is 6.69. The van der Waals surface area contributed by atoms with E-state index in [1.165, 1.54) is 6.92 Å². The van der Waals surface area contributed by atoms with E-state index in [2.05, 4.69) is 15.9 Å². The SMILES string of the molecule is CC(=O)CC1(O)C(=O)N(Cc2ccccc2)c2ccc(Br)cc21. The number of halogens is 1. The lowest BCUT2D eigenvalue weighted by Crippen LogP contribution is -2.41. The van der Waals surface area contributed by atoms with Crippen molar-refractivity contribution in [1.82, 2.24) is 0 Å². The minimum Gasteiger partial charge on any atom is -0.375 e. The van der Waals surface area contributed by atoms with Gasteiger partial charge in [-0.2, -0.15) is 0 Å². The Hall–Kier alpha value is -1.98. The van der Waals surface area contributed by atoms with Crippen LogP contribution in [0.3, 0.4) is 0 Å². The zero-order chi connectivity index (χ0) is 16.6. The number of fused-ring (bicyclic) bond motifs is 1. The Morgan fingerprint density at radius 1 is 1.22 bits per heavy atom. The van der Waals surface area contributed by atoms with E-state index < -0.39 is 11.5 Å². The molecule has 23 heavy (non-hydrogen) atoms. The predicted molar refractivity (Wildman–Crippen MR) is 91.0 cm³/mol. The summed E-state index contributed by atoms with van der Waals surface area (Å²) in [4.78, 5) is 26.0. The van der Waals surface area contributed by atoms with Gasteiger partial charge in [0, 0.05) is 16.5 Å². The Bertz CT molecular complexity index is 775. The van der Waals surface area contributed by atoms with Crippen LogP contribution in [0.4, 0.5) is 5.69 Å². The summed E-state index contributed by atoms with van der Waals surface area (Å²) in [5, 5.41) is 10.9. The molecule has 2 aromatic carbocycles. The minimum absolute atomic E-state index is 0.222. The maximum absolute atomic E-state index is 12.8. The predicted octanol–water partition coefficient (Wildman–Crippen LogP) is 3.16. The van der Waals surface area contributed by atoms with Crippen LogP contribution in [0.1, 0.15) is 24.5 Å². The molecule has 0 fully saturated rings. The second-order valence-electron chi connectivity index (χ2n) is 5.78. The molecule has 1 unspecified atom stereocenters. The largest absolute Gasteiger partial charge is 0.375 e. The number of hydrogen-bond acceptors (Lipinski definition) is 3. The average molecular weight is 374 g/mol. The highest BCUT2D eigenvalue weighted by molar-refractivity contribution is 9.10. The highest BCUT2D eigenvalue weighted by Gasteiger charge is 2.50. The lowest BCUT2D eigenvalue weighted by molar-refractivity contribution is -0.141. The van der Waals surface area contributed by atoms with Gasteiger partial charge in [0.15, 0.2) is 5.60 Å². The summed E-state index contributed by atoms with van der Waals surface area (Å²) in [5.74, 6) is -0.682. The van der Waals surface area contributed by atoms with Crippen LogP contribution in [0.25, 0.3) is 0 Å². The van der Waals surface area contributed by atoms with Crippen LogP contribution < -0.4 is 4.90 Å². The van der Waals surface area contributed by atoms with Gasteiger partial charge >= 0.3 is 0 Å². The smallest absolute Gasteiger partial charge is 0.264 e. The molecule has 0 saturated carbocycles. The maximum atomic E-state index is 12.8. The van der Waals surface area contributed by atoms with E-state index in [9.17, 15) is 14.7 Å². The van der Waals surface area contributed by atoms with Crippen molar-refractivity contribution in [3.8, 4) is 0 Å². The van der Waals surface area contributed by atoms with Gasteiger partial charge in [-0.1, -0.05) is 46.3 Å². The number of amides is 1. The molecule has 3 rings (SSSR count). The molecule has 1 amide bonds. The molecule has 0 aromatic heterocycles. The van der Waals surface area contributed by atoms with Crippen molar-refractivity contribution in [2.75, 3.05) is 4.90 Å². The number of ketones is 1. The second kappa shape index (κ2) is 5.91. The first-order chi connectivity index (χ1) is 10.9. The van der Waals surface area contributed by atoms with Crippen LogP contribution >= 0.6 is 15.9 Å². The molecule has 1 N–H and O–H groups in total. The molecule has 2 aromatic rings. The Labute approximate surface area is 142 Å². The zero-order valence-electron chi connectivity index (χ0n) is 12.6. The third kappa shape index (κ3) is 2.82. The van der Waals surface area contributed by atoms with Gasteiger partial charge in [-0.3, -0.25) is 9.59 Å². The number of aliphatic hydroxyl groups is 1. The summed E-state index contributed by atoms with van der Waals surface area (Å²) in [5.41, 5.74) is 0.287.